The maximum absolute atomic E-state index is 12.1. The van der Waals surface area contributed by atoms with Gasteiger partial charge in [-0.15, -0.1) is 0 Å². The van der Waals surface area contributed by atoms with E-state index in [0.717, 1.165) is 31.7 Å². The van der Waals surface area contributed by atoms with Gasteiger partial charge in [0.05, 0.1) is 40.0 Å². The summed E-state index contributed by atoms with van der Waals surface area (Å²) in [4.78, 5) is 14.3. The van der Waals surface area contributed by atoms with Crippen molar-refractivity contribution in [3.05, 3.63) is 17.7 Å². The molecule has 0 spiro atoms. The summed E-state index contributed by atoms with van der Waals surface area (Å²) < 4.78 is 16.0. The zero-order valence-corrected chi connectivity index (χ0v) is 14.0. The first-order valence-electron chi connectivity index (χ1n) is 7.66. The quantitative estimate of drug-likeness (QED) is 0.749. The second-order valence-corrected chi connectivity index (χ2v) is 5.31. The molecule has 0 saturated carbocycles. The first kappa shape index (κ1) is 17.4. The van der Waals surface area contributed by atoms with E-state index in [1.807, 2.05) is 0 Å². The number of nitrogens with zero attached hydrogens (tertiary/aromatic N) is 1. The molecule has 0 bridgehead atoms. The lowest BCUT2D eigenvalue weighted by atomic mass is 10.1. The van der Waals surface area contributed by atoms with Crippen molar-refractivity contribution in [2.24, 2.45) is 0 Å². The molecule has 1 aliphatic rings. The van der Waals surface area contributed by atoms with Crippen molar-refractivity contribution in [3.8, 4) is 17.2 Å². The molecule has 7 heteroatoms. The highest BCUT2D eigenvalue weighted by molar-refractivity contribution is 5.78. The predicted octanol–water partition coefficient (Wildman–Crippen LogP) is 0.234. The second-order valence-electron chi connectivity index (χ2n) is 5.31. The molecule has 1 aromatic rings. The molecule has 128 valence electrons. The Morgan fingerprint density at radius 2 is 1.74 bits per heavy atom. The highest BCUT2D eigenvalue weighted by atomic mass is 16.5. The van der Waals surface area contributed by atoms with Crippen molar-refractivity contribution in [1.29, 1.82) is 0 Å². The van der Waals surface area contributed by atoms with Crippen molar-refractivity contribution in [2.75, 3.05) is 54.1 Å². The fraction of sp³-hybridized carbons (Fsp3) is 0.562. The predicted molar refractivity (Wildman–Crippen MR) is 87.3 cm³/mol. The van der Waals surface area contributed by atoms with Gasteiger partial charge in [0, 0.05) is 38.3 Å². The normalized spacial score (nSPS) is 15.1. The number of amides is 1. The molecule has 23 heavy (non-hydrogen) atoms. The van der Waals surface area contributed by atoms with Gasteiger partial charge in [-0.05, 0) is 0 Å². The number of methoxy groups -OCH3 is 3. The van der Waals surface area contributed by atoms with E-state index in [1.165, 1.54) is 0 Å². The highest BCUT2D eigenvalue weighted by Crippen LogP contribution is 2.33. The molecule has 1 aliphatic heterocycles. The molecule has 0 unspecified atom stereocenters. The first-order chi connectivity index (χ1) is 11.2. The van der Waals surface area contributed by atoms with Crippen LogP contribution in [0.2, 0.25) is 0 Å². The number of rotatable bonds is 7. The molecule has 1 saturated heterocycles. The van der Waals surface area contributed by atoms with Crippen LogP contribution in [-0.2, 0) is 11.3 Å². The molecule has 7 nitrogen and oxygen atoms in total. The molecule has 2 rings (SSSR count). The Kier molecular flexibility index (Phi) is 6.49. The van der Waals surface area contributed by atoms with Crippen LogP contribution < -0.4 is 24.8 Å². The summed E-state index contributed by atoms with van der Waals surface area (Å²) in [5.41, 5.74) is 0.796. The second kappa shape index (κ2) is 8.59. The molecule has 0 aromatic heterocycles. The number of hydrogen-bond donors (Lipinski definition) is 2. The van der Waals surface area contributed by atoms with Gasteiger partial charge in [0.2, 0.25) is 5.91 Å². The van der Waals surface area contributed by atoms with Crippen LogP contribution in [0.25, 0.3) is 0 Å². The summed E-state index contributed by atoms with van der Waals surface area (Å²) in [6, 6.07) is 3.56. The molecule has 1 amide bonds. The van der Waals surface area contributed by atoms with Crippen LogP contribution in [0.4, 0.5) is 0 Å². The van der Waals surface area contributed by atoms with Crippen LogP contribution in [0, 0.1) is 0 Å². The van der Waals surface area contributed by atoms with Gasteiger partial charge in [-0.1, -0.05) is 0 Å². The molecule has 1 fully saturated rings. The average Bonchev–Trinajstić information content (AvgIpc) is 2.59. The number of ether oxygens (including phenoxy) is 3. The lowest BCUT2D eigenvalue weighted by Gasteiger charge is -2.26. The summed E-state index contributed by atoms with van der Waals surface area (Å²) in [6.45, 7) is 4.38. The van der Waals surface area contributed by atoms with Crippen LogP contribution >= 0.6 is 0 Å². The molecule has 0 atom stereocenters. The summed E-state index contributed by atoms with van der Waals surface area (Å²) in [6.07, 6.45) is 0. The fourth-order valence-corrected chi connectivity index (χ4v) is 2.57. The Balaban J connectivity index is 1.99. The van der Waals surface area contributed by atoms with Crippen molar-refractivity contribution < 1.29 is 19.0 Å². The summed E-state index contributed by atoms with van der Waals surface area (Å²) in [5, 5.41) is 6.20. The monoisotopic (exact) mass is 323 g/mol. The number of carbonyl (C=O) groups is 1. The van der Waals surface area contributed by atoms with Gasteiger partial charge in [-0.2, -0.15) is 0 Å². The molecule has 0 aliphatic carbocycles. The Bertz CT molecular complexity index is 505. The molecule has 1 aromatic carbocycles. The molecule has 0 radical (unpaired) electrons. The Labute approximate surface area is 136 Å². The van der Waals surface area contributed by atoms with E-state index in [1.54, 1.807) is 33.5 Å². The van der Waals surface area contributed by atoms with E-state index in [0.29, 0.717) is 30.3 Å². The van der Waals surface area contributed by atoms with E-state index in [-0.39, 0.29) is 5.91 Å². The van der Waals surface area contributed by atoms with Gasteiger partial charge in [0.15, 0.2) is 0 Å². The SMILES string of the molecule is COc1cc(OC)c(CNC(=O)CN2CCNCC2)c(OC)c1. The topological polar surface area (TPSA) is 72.1 Å². The van der Waals surface area contributed by atoms with Crippen LogP contribution in [0.15, 0.2) is 12.1 Å². The molecule has 1 heterocycles. The standard InChI is InChI=1S/C16H25N3O4/c1-21-12-8-14(22-2)13(15(9-12)23-3)10-18-16(20)11-19-6-4-17-5-7-19/h8-9,17H,4-7,10-11H2,1-3H3,(H,18,20). The van der Waals surface area contributed by atoms with E-state index in [4.69, 9.17) is 14.2 Å². The maximum atomic E-state index is 12.1. The van der Waals surface area contributed by atoms with Gasteiger partial charge in [-0.25, -0.2) is 0 Å². The van der Waals surface area contributed by atoms with Crippen molar-refractivity contribution in [1.82, 2.24) is 15.5 Å². The zero-order valence-electron chi connectivity index (χ0n) is 14.0. The lowest BCUT2D eigenvalue weighted by molar-refractivity contribution is -0.122. The van der Waals surface area contributed by atoms with Crippen molar-refractivity contribution in [3.63, 3.8) is 0 Å². The lowest BCUT2D eigenvalue weighted by Crippen LogP contribution is -2.47. The highest BCUT2D eigenvalue weighted by Gasteiger charge is 2.16. The average molecular weight is 323 g/mol. The summed E-state index contributed by atoms with van der Waals surface area (Å²) in [5.74, 6) is 1.90. The van der Waals surface area contributed by atoms with Crippen LogP contribution in [0.5, 0.6) is 17.2 Å². The molecular formula is C16H25N3O4. The number of hydrogen-bond acceptors (Lipinski definition) is 6. The summed E-state index contributed by atoms with van der Waals surface area (Å²) >= 11 is 0. The summed E-state index contributed by atoms with van der Waals surface area (Å²) in [7, 11) is 4.75. The van der Waals surface area contributed by atoms with Gasteiger partial charge < -0.3 is 24.8 Å². The van der Waals surface area contributed by atoms with E-state index in [9.17, 15) is 4.79 Å². The third-order valence-electron chi connectivity index (χ3n) is 3.86. The minimum atomic E-state index is -0.00757. The van der Waals surface area contributed by atoms with Crippen LogP contribution in [0.1, 0.15) is 5.56 Å². The minimum Gasteiger partial charge on any atom is -0.496 e. The van der Waals surface area contributed by atoms with E-state index >= 15 is 0 Å². The number of piperazine rings is 1. The van der Waals surface area contributed by atoms with Gasteiger partial charge >= 0.3 is 0 Å². The Morgan fingerprint density at radius 1 is 1.13 bits per heavy atom. The van der Waals surface area contributed by atoms with Gasteiger partial charge in [-0.3, -0.25) is 9.69 Å². The number of nitrogens with one attached hydrogen (secondary N) is 2. The third-order valence-corrected chi connectivity index (χ3v) is 3.86. The zero-order chi connectivity index (χ0) is 16.7. The van der Waals surface area contributed by atoms with Gasteiger partial charge in [0.25, 0.3) is 0 Å². The van der Waals surface area contributed by atoms with E-state index < -0.39 is 0 Å². The number of benzene rings is 1. The van der Waals surface area contributed by atoms with Crippen molar-refractivity contribution >= 4 is 5.91 Å². The first-order valence-corrected chi connectivity index (χ1v) is 7.66. The Morgan fingerprint density at radius 3 is 2.26 bits per heavy atom. The minimum absolute atomic E-state index is 0.00757. The maximum Gasteiger partial charge on any atom is 0.234 e. The van der Waals surface area contributed by atoms with E-state index in [2.05, 4.69) is 15.5 Å². The smallest absolute Gasteiger partial charge is 0.234 e. The fourth-order valence-electron chi connectivity index (χ4n) is 2.57. The largest absolute Gasteiger partial charge is 0.496 e. The number of carbonyl (C=O) groups excluding carboxylic acids is 1. The van der Waals surface area contributed by atoms with Crippen LogP contribution in [0.3, 0.4) is 0 Å². The third kappa shape index (κ3) is 4.74. The Hall–Kier alpha value is -1.99. The van der Waals surface area contributed by atoms with Crippen LogP contribution in [-0.4, -0.2) is 64.9 Å². The molecular weight excluding hydrogens is 298 g/mol. The van der Waals surface area contributed by atoms with Crippen molar-refractivity contribution in [2.45, 2.75) is 6.54 Å². The molecule has 2 N–H and O–H groups in total. The van der Waals surface area contributed by atoms with Gasteiger partial charge in [0.1, 0.15) is 17.2 Å².